The number of esters is 1. The second kappa shape index (κ2) is 13.4. The second-order valence-electron chi connectivity index (χ2n) is 4.74. The lowest BCUT2D eigenvalue weighted by Crippen LogP contribution is -2.06. The van der Waals surface area contributed by atoms with Gasteiger partial charge < -0.3 is 9.84 Å². The third-order valence-electron chi connectivity index (χ3n) is 2.26. The molecule has 22 heavy (non-hydrogen) atoms. The highest BCUT2D eigenvalue weighted by Crippen LogP contribution is 2.03. The summed E-state index contributed by atoms with van der Waals surface area (Å²) < 4.78 is 4.67. The lowest BCUT2D eigenvalue weighted by Gasteiger charge is -1.99. The van der Waals surface area contributed by atoms with Gasteiger partial charge in [0.15, 0.2) is 0 Å². The number of unbranched alkanes of at least 4 members (excludes halogenated alkanes) is 1. The monoisotopic (exact) mass is 306 g/mol. The van der Waals surface area contributed by atoms with Gasteiger partial charge in [-0.1, -0.05) is 39.8 Å². The first-order valence-corrected chi connectivity index (χ1v) is 6.89. The Bertz CT molecular complexity index is 493. The maximum absolute atomic E-state index is 10.7. The fourth-order valence-corrected chi connectivity index (χ4v) is 0.976. The topological polar surface area (TPSA) is 111 Å². The molecule has 0 aliphatic rings. The minimum absolute atomic E-state index is 0.138. The summed E-state index contributed by atoms with van der Waals surface area (Å²) in [6, 6.07) is 3.24. The average molecular weight is 306 g/mol. The van der Waals surface area contributed by atoms with E-state index in [2.05, 4.69) is 11.3 Å². The maximum atomic E-state index is 10.7. The number of carboxylic acid groups (broad SMARTS) is 1. The Morgan fingerprint density at radius 2 is 1.91 bits per heavy atom. The van der Waals surface area contributed by atoms with Gasteiger partial charge in [-0.3, -0.25) is 0 Å². The van der Waals surface area contributed by atoms with Crippen LogP contribution in [0.3, 0.4) is 0 Å². The Labute approximate surface area is 131 Å². The minimum Gasteiger partial charge on any atom is -0.477 e. The molecule has 0 amide bonds. The Kier molecular flexibility index (Phi) is 13.2. The molecule has 0 aromatic heterocycles. The molecule has 0 atom stereocenters. The molecule has 0 unspecified atom stereocenters. The first-order chi connectivity index (χ1) is 10.3. The van der Waals surface area contributed by atoms with E-state index in [1.165, 1.54) is 6.08 Å². The van der Waals surface area contributed by atoms with Crippen molar-refractivity contribution in [2.45, 2.75) is 40.0 Å². The van der Waals surface area contributed by atoms with Crippen molar-refractivity contribution < 1.29 is 19.4 Å². The molecule has 0 bridgehead atoms. The molecular formula is C16H22N2O4. The summed E-state index contributed by atoms with van der Waals surface area (Å²) in [6.45, 7) is 9.51. The Morgan fingerprint density at radius 1 is 1.32 bits per heavy atom. The summed E-state index contributed by atoms with van der Waals surface area (Å²) in [4.78, 5) is 21.0. The Morgan fingerprint density at radius 3 is 2.27 bits per heavy atom. The van der Waals surface area contributed by atoms with Crippen molar-refractivity contribution in [1.29, 1.82) is 10.5 Å². The number of hydrogen-bond donors (Lipinski definition) is 1. The number of ether oxygens (including phenoxy) is 1. The van der Waals surface area contributed by atoms with Crippen LogP contribution < -0.4 is 0 Å². The zero-order chi connectivity index (χ0) is 17.5. The second-order valence-corrected chi connectivity index (χ2v) is 4.74. The molecule has 0 aromatic rings. The Hall–Kier alpha value is -2.60. The van der Waals surface area contributed by atoms with Crippen LogP contribution in [-0.2, 0) is 14.3 Å². The van der Waals surface area contributed by atoms with Crippen LogP contribution in [0.25, 0.3) is 0 Å². The van der Waals surface area contributed by atoms with E-state index in [9.17, 15) is 9.59 Å². The van der Waals surface area contributed by atoms with E-state index in [1.807, 2.05) is 20.8 Å². The summed E-state index contributed by atoms with van der Waals surface area (Å²) in [6.07, 6.45) is 3.87. The van der Waals surface area contributed by atoms with Gasteiger partial charge in [-0.25, -0.2) is 9.59 Å². The number of carbonyl (C=O) groups excluding carboxylic acids is 1. The van der Waals surface area contributed by atoms with Crippen LogP contribution >= 0.6 is 0 Å². The quantitative estimate of drug-likeness (QED) is 0.335. The van der Waals surface area contributed by atoms with Crippen LogP contribution in [0.1, 0.15) is 40.0 Å². The van der Waals surface area contributed by atoms with Crippen LogP contribution in [0.2, 0.25) is 0 Å². The van der Waals surface area contributed by atoms with Crippen LogP contribution in [-0.4, -0.2) is 23.7 Å². The first-order valence-electron chi connectivity index (χ1n) is 6.89. The fraction of sp³-hybridized carbons (Fsp3) is 0.500. The predicted octanol–water partition coefficient (Wildman–Crippen LogP) is 2.98. The van der Waals surface area contributed by atoms with Crippen molar-refractivity contribution in [2.24, 2.45) is 5.92 Å². The van der Waals surface area contributed by atoms with Crippen LogP contribution in [0, 0.1) is 28.6 Å². The highest BCUT2D eigenvalue weighted by Gasteiger charge is 2.05. The van der Waals surface area contributed by atoms with E-state index in [0.717, 1.165) is 12.8 Å². The molecule has 0 aromatic carbocycles. The number of nitrogens with zero attached hydrogens (tertiary/aromatic N) is 2. The number of rotatable bonds is 7. The summed E-state index contributed by atoms with van der Waals surface area (Å²) >= 11 is 0. The summed E-state index contributed by atoms with van der Waals surface area (Å²) in [5, 5.41) is 24.9. The van der Waals surface area contributed by atoms with Crippen molar-refractivity contribution in [3.8, 4) is 12.1 Å². The number of allylic oxidation sites excluding steroid dienone is 1. The molecule has 0 saturated heterocycles. The van der Waals surface area contributed by atoms with Gasteiger partial charge in [-0.15, -0.1) is 0 Å². The highest BCUT2D eigenvalue weighted by molar-refractivity contribution is 5.92. The standard InChI is InChI=1S/2C8H11NO2/c1-6(2)3-4-7(5-9)8(10)11;1-3-4-5-11-8(10)7(2)6-9/h4,6H,3H2,1-2H3,(H,10,11);2-5H2,1H3. The van der Waals surface area contributed by atoms with E-state index in [4.69, 9.17) is 15.6 Å². The summed E-state index contributed by atoms with van der Waals surface area (Å²) in [7, 11) is 0. The first kappa shape index (κ1) is 21.7. The van der Waals surface area contributed by atoms with E-state index in [-0.39, 0.29) is 11.1 Å². The van der Waals surface area contributed by atoms with E-state index >= 15 is 0 Å². The van der Waals surface area contributed by atoms with Gasteiger partial charge in [0.05, 0.1) is 6.61 Å². The molecule has 0 saturated carbocycles. The van der Waals surface area contributed by atoms with Crippen LogP contribution in [0.4, 0.5) is 0 Å². The fourth-order valence-electron chi connectivity index (χ4n) is 0.976. The molecule has 0 radical (unpaired) electrons. The van der Waals surface area contributed by atoms with Crippen molar-refractivity contribution >= 4 is 11.9 Å². The maximum Gasteiger partial charge on any atom is 0.348 e. The molecule has 0 aliphatic heterocycles. The molecule has 0 heterocycles. The minimum atomic E-state index is -1.15. The van der Waals surface area contributed by atoms with Gasteiger partial charge in [-0.05, 0) is 18.8 Å². The van der Waals surface area contributed by atoms with Gasteiger partial charge in [0.1, 0.15) is 23.3 Å². The van der Waals surface area contributed by atoms with Crippen LogP contribution in [0.5, 0.6) is 0 Å². The number of aliphatic carboxylic acids is 1. The number of carboxylic acids is 1. The van der Waals surface area contributed by atoms with Crippen LogP contribution in [0.15, 0.2) is 23.8 Å². The zero-order valence-corrected chi connectivity index (χ0v) is 13.3. The third-order valence-corrected chi connectivity index (χ3v) is 2.26. The summed E-state index contributed by atoms with van der Waals surface area (Å²) in [5.74, 6) is -1.37. The van der Waals surface area contributed by atoms with E-state index in [1.54, 1.807) is 12.1 Å². The largest absolute Gasteiger partial charge is 0.477 e. The van der Waals surface area contributed by atoms with Crippen molar-refractivity contribution in [2.75, 3.05) is 6.61 Å². The molecule has 6 heteroatoms. The van der Waals surface area contributed by atoms with Gasteiger partial charge in [0.2, 0.25) is 0 Å². The molecule has 0 fully saturated rings. The van der Waals surface area contributed by atoms with Gasteiger partial charge in [0.25, 0.3) is 0 Å². The van der Waals surface area contributed by atoms with Crippen molar-refractivity contribution in [1.82, 2.24) is 0 Å². The van der Waals surface area contributed by atoms with Crippen molar-refractivity contribution in [3.63, 3.8) is 0 Å². The molecule has 0 rings (SSSR count). The number of carbonyl (C=O) groups is 2. The summed E-state index contributed by atoms with van der Waals surface area (Å²) in [5.41, 5.74) is -0.306. The molecule has 6 nitrogen and oxygen atoms in total. The van der Waals surface area contributed by atoms with Crippen molar-refractivity contribution in [3.05, 3.63) is 23.8 Å². The molecule has 120 valence electrons. The lowest BCUT2D eigenvalue weighted by molar-refractivity contribution is -0.138. The third kappa shape index (κ3) is 12.4. The molecule has 0 aliphatic carbocycles. The van der Waals surface area contributed by atoms with Gasteiger partial charge >= 0.3 is 11.9 Å². The van der Waals surface area contributed by atoms with Gasteiger partial charge in [-0.2, -0.15) is 10.5 Å². The Balaban J connectivity index is 0. The zero-order valence-electron chi connectivity index (χ0n) is 13.3. The number of hydrogen-bond acceptors (Lipinski definition) is 5. The molecular weight excluding hydrogens is 284 g/mol. The average Bonchev–Trinajstić information content (AvgIpc) is 2.47. The molecule has 1 N–H and O–H groups in total. The predicted molar refractivity (Wildman–Crippen MR) is 81.4 cm³/mol. The SMILES string of the molecule is C=C(C#N)C(=O)OCCCC.CC(C)CC=C(C#N)C(=O)O. The smallest absolute Gasteiger partial charge is 0.348 e. The lowest BCUT2D eigenvalue weighted by atomic mass is 10.1. The normalized spacial score (nSPS) is 9.82. The van der Waals surface area contributed by atoms with Gasteiger partial charge in [0, 0.05) is 0 Å². The number of nitriles is 2. The highest BCUT2D eigenvalue weighted by atomic mass is 16.5. The molecule has 0 spiro atoms. The van der Waals surface area contributed by atoms with E-state index < -0.39 is 11.9 Å². The van der Waals surface area contributed by atoms with E-state index in [0.29, 0.717) is 18.9 Å².